The molecule has 0 spiro atoms. The smallest absolute Gasteiger partial charge is 0.247 e. The summed E-state index contributed by atoms with van der Waals surface area (Å²) < 4.78 is 5.60. The number of aliphatic imine (C=N–C) groups is 1. The van der Waals surface area contributed by atoms with Crippen LogP contribution < -0.4 is 16.0 Å². The topological polar surface area (TPSA) is 143 Å². The Balaban J connectivity index is 1.38. The summed E-state index contributed by atoms with van der Waals surface area (Å²) in [5.41, 5.74) is 2.36. The fourth-order valence-corrected chi connectivity index (χ4v) is 4.34. The fraction of sp³-hybridized carbons (Fsp3) is 0.333. The number of benzene rings is 2. The van der Waals surface area contributed by atoms with Gasteiger partial charge in [-0.05, 0) is 74.6 Å². The molecule has 0 saturated carbocycles. The van der Waals surface area contributed by atoms with Gasteiger partial charge in [0.05, 0.1) is 6.54 Å². The van der Waals surface area contributed by atoms with Crippen LogP contribution in [0.15, 0.2) is 57.9 Å². The van der Waals surface area contributed by atoms with E-state index in [0.29, 0.717) is 31.6 Å². The molecule has 2 heterocycles. The highest BCUT2D eigenvalue weighted by atomic mass is 16.3. The first-order valence-electron chi connectivity index (χ1n) is 12.2. The molecule has 4 rings (SSSR count). The monoisotopic (exact) mass is 502 g/mol. The molecule has 10 nitrogen and oxygen atoms in total. The van der Waals surface area contributed by atoms with Crippen molar-refractivity contribution in [3.05, 3.63) is 59.9 Å². The number of amides is 2. The molecule has 1 aromatic heterocycles. The van der Waals surface area contributed by atoms with Gasteiger partial charge in [0.25, 0.3) is 0 Å². The number of phenols is 1. The van der Waals surface area contributed by atoms with Gasteiger partial charge in [-0.15, -0.1) is 0 Å². The number of fused-ring (bicyclic) bond motifs is 1. The molecule has 3 aromatic rings. The van der Waals surface area contributed by atoms with Crippen LogP contribution in [-0.4, -0.2) is 53.5 Å². The number of guanidine groups is 1. The normalized spacial score (nSPS) is 16.2. The van der Waals surface area contributed by atoms with Crippen molar-refractivity contribution in [3.8, 4) is 11.9 Å². The van der Waals surface area contributed by atoms with E-state index in [1.807, 2.05) is 43.4 Å². The van der Waals surface area contributed by atoms with Crippen molar-refractivity contribution in [1.29, 1.82) is 5.26 Å². The number of carbonyl (C=O) groups excluding carboxylic acids is 2. The van der Waals surface area contributed by atoms with Gasteiger partial charge in [0.2, 0.25) is 17.8 Å². The summed E-state index contributed by atoms with van der Waals surface area (Å²) in [6.07, 6.45) is 4.49. The van der Waals surface area contributed by atoms with Gasteiger partial charge in [-0.25, -0.2) is 4.99 Å². The Kier molecular flexibility index (Phi) is 8.26. The van der Waals surface area contributed by atoms with E-state index < -0.39 is 6.04 Å². The molecule has 0 unspecified atom stereocenters. The number of rotatable bonds is 7. The zero-order chi connectivity index (χ0) is 26.2. The summed E-state index contributed by atoms with van der Waals surface area (Å²) in [5, 5.41) is 28.2. The minimum absolute atomic E-state index is 0.0597. The van der Waals surface area contributed by atoms with Crippen LogP contribution in [0.25, 0.3) is 11.0 Å². The lowest BCUT2D eigenvalue weighted by Gasteiger charge is -2.22. The quantitative estimate of drug-likeness (QED) is 0.168. The molecule has 0 aliphatic carbocycles. The lowest BCUT2D eigenvalue weighted by atomic mass is 10.1. The van der Waals surface area contributed by atoms with E-state index in [9.17, 15) is 20.0 Å². The van der Waals surface area contributed by atoms with E-state index in [1.54, 1.807) is 18.2 Å². The predicted molar refractivity (Wildman–Crippen MR) is 140 cm³/mol. The standard InChI is InChI=1S/C27H30N6O4/c1-18-13-20-15-21(8-9-24(20)37-18)31-27(30-17-28)32-23-7-2-3-12-33(26(23)36)16-25(35)29-11-10-19-5-4-6-22(34)14-19/h4-6,8-9,13-15,23,34H,2-3,7,10-12,16H2,1H3,(H,29,35)(H2,30,31,32)/t23-/m0/s1. The van der Waals surface area contributed by atoms with Crippen molar-refractivity contribution in [1.82, 2.24) is 15.5 Å². The Morgan fingerprint density at radius 1 is 1.24 bits per heavy atom. The van der Waals surface area contributed by atoms with Crippen LogP contribution in [0.3, 0.4) is 0 Å². The Hall–Kier alpha value is -4.52. The predicted octanol–water partition coefficient (Wildman–Crippen LogP) is 3.03. The minimum Gasteiger partial charge on any atom is -0.508 e. The molecule has 0 bridgehead atoms. The molecule has 0 radical (unpaired) electrons. The molecule has 192 valence electrons. The molecule has 1 saturated heterocycles. The van der Waals surface area contributed by atoms with Gasteiger partial charge >= 0.3 is 0 Å². The third kappa shape index (κ3) is 7.01. The number of carbonyl (C=O) groups is 2. The Morgan fingerprint density at radius 3 is 2.92 bits per heavy atom. The number of nitriles is 1. The minimum atomic E-state index is -0.717. The molecule has 10 heteroatoms. The van der Waals surface area contributed by atoms with Crippen LogP contribution in [0.5, 0.6) is 5.75 Å². The van der Waals surface area contributed by atoms with E-state index in [-0.39, 0.29) is 30.1 Å². The van der Waals surface area contributed by atoms with Gasteiger partial charge < -0.3 is 25.1 Å². The van der Waals surface area contributed by atoms with Crippen LogP contribution >= 0.6 is 0 Å². The lowest BCUT2D eigenvalue weighted by molar-refractivity contribution is -0.136. The van der Waals surface area contributed by atoms with Crippen LogP contribution in [0.4, 0.5) is 5.69 Å². The molecule has 4 N–H and O–H groups in total. The van der Waals surface area contributed by atoms with E-state index in [2.05, 4.69) is 20.9 Å². The molecular weight excluding hydrogens is 472 g/mol. The van der Waals surface area contributed by atoms with Gasteiger partial charge in [-0.2, -0.15) is 5.26 Å². The SMILES string of the molecule is Cc1cc2cc(NC(=N[C@H]3CCCCN(CC(=O)NCCc4cccc(O)c4)C3=O)NC#N)ccc2o1. The molecular formula is C27H30N6O4. The molecule has 1 aliphatic heterocycles. The number of anilines is 1. The van der Waals surface area contributed by atoms with Crippen LogP contribution in [0, 0.1) is 18.4 Å². The molecule has 2 aromatic carbocycles. The summed E-state index contributed by atoms with van der Waals surface area (Å²) in [5.74, 6) is 0.639. The zero-order valence-corrected chi connectivity index (χ0v) is 20.7. The number of phenolic OH excluding ortho intramolecular Hbond substituents is 1. The summed E-state index contributed by atoms with van der Waals surface area (Å²) in [4.78, 5) is 31.8. The summed E-state index contributed by atoms with van der Waals surface area (Å²) in [7, 11) is 0. The number of nitrogens with one attached hydrogen (secondary N) is 3. The van der Waals surface area contributed by atoms with Crippen molar-refractivity contribution < 1.29 is 19.1 Å². The van der Waals surface area contributed by atoms with Crippen LogP contribution in [-0.2, 0) is 16.0 Å². The van der Waals surface area contributed by atoms with Gasteiger partial charge in [0.15, 0.2) is 6.19 Å². The third-order valence-electron chi connectivity index (χ3n) is 6.09. The van der Waals surface area contributed by atoms with Gasteiger partial charge in [-0.3, -0.25) is 14.9 Å². The second kappa shape index (κ2) is 11.9. The maximum Gasteiger partial charge on any atom is 0.247 e. The van der Waals surface area contributed by atoms with Gasteiger partial charge in [-0.1, -0.05) is 12.1 Å². The molecule has 37 heavy (non-hydrogen) atoms. The van der Waals surface area contributed by atoms with E-state index in [1.165, 1.54) is 4.90 Å². The number of hydrogen-bond acceptors (Lipinski definition) is 6. The summed E-state index contributed by atoms with van der Waals surface area (Å²) in [6.45, 7) is 2.67. The van der Waals surface area contributed by atoms with E-state index in [4.69, 9.17) is 4.42 Å². The highest BCUT2D eigenvalue weighted by Crippen LogP contribution is 2.23. The molecule has 1 aliphatic rings. The summed E-state index contributed by atoms with van der Waals surface area (Å²) >= 11 is 0. The first-order chi connectivity index (χ1) is 17.9. The van der Waals surface area contributed by atoms with Crippen molar-refractivity contribution in [2.24, 2.45) is 4.99 Å². The maximum atomic E-state index is 13.2. The zero-order valence-electron chi connectivity index (χ0n) is 20.7. The number of nitrogens with zero attached hydrogens (tertiary/aromatic N) is 3. The average molecular weight is 503 g/mol. The Labute approximate surface area is 215 Å². The number of aryl methyl sites for hydroxylation is 1. The van der Waals surface area contributed by atoms with E-state index in [0.717, 1.165) is 35.1 Å². The van der Waals surface area contributed by atoms with Crippen molar-refractivity contribution in [2.45, 2.75) is 38.6 Å². The van der Waals surface area contributed by atoms with Gasteiger partial charge in [0.1, 0.15) is 23.1 Å². The molecule has 1 atom stereocenters. The van der Waals surface area contributed by atoms with Gasteiger partial charge in [0, 0.05) is 24.2 Å². The lowest BCUT2D eigenvalue weighted by Crippen LogP contribution is -2.44. The number of likely N-dealkylation sites (tertiary alicyclic amines) is 1. The first kappa shape index (κ1) is 25.6. The Morgan fingerprint density at radius 2 is 2.11 bits per heavy atom. The van der Waals surface area contributed by atoms with Crippen LogP contribution in [0.1, 0.15) is 30.6 Å². The highest BCUT2D eigenvalue weighted by molar-refractivity contribution is 5.98. The maximum absolute atomic E-state index is 13.2. The largest absolute Gasteiger partial charge is 0.508 e. The first-order valence-corrected chi connectivity index (χ1v) is 12.2. The molecule has 2 amide bonds. The van der Waals surface area contributed by atoms with Crippen molar-refractivity contribution >= 4 is 34.4 Å². The van der Waals surface area contributed by atoms with E-state index >= 15 is 0 Å². The molecule has 1 fully saturated rings. The Bertz CT molecular complexity index is 1340. The van der Waals surface area contributed by atoms with Crippen molar-refractivity contribution in [3.63, 3.8) is 0 Å². The second-order valence-electron chi connectivity index (χ2n) is 8.99. The second-order valence-corrected chi connectivity index (χ2v) is 8.99. The fourth-order valence-electron chi connectivity index (χ4n) is 4.34. The third-order valence-corrected chi connectivity index (χ3v) is 6.09. The summed E-state index contributed by atoms with van der Waals surface area (Å²) in [6, 6.07) is 13.6. The van der Waals surface area contributed by atoms with Crippen molar-refractivity contribution in [2.75, 3.05) is 25.0 Å². The average Bonchev–Trinajstić information content (AvgIpc) is 3.15. The number of aromatic hydroxyl groups is 1. The number of hydrogen-bond donors (Lipinski definition) is 4. The van der Waals surface area contributed by atoms with Crippen LogP contribution in [0.2, 0.25) is 0 Å². The number of furan rings is 1. The highest BCUT2D eigenvalue weighted by Gasteiger charge is 2.28.